The lowest BCUT2D eigenvalue weighted by molar-refractivity contribution is -0.132. The van der Waals surface area contributed by atoms with Crippen molar-refractivity contribution < 1.29 is 22.7 Å². The van der Waals surface area contributed by atoms with E-state index in [1.165, 1.54) is 4.31 Å². The molecular formula is C24H30N2O5S. The molecule has 2 aromatic rings. The molecule has 172 valence electrons. The molecule has 1 aliphatic rings. The van der Waals surface area contributed by atoms with Crippen molar-refractivity contribution in [3.8, 4) is 5.75 Å². The summed E-state index contributed by atoms with van der Waals surface area (Å²) in [7, 11) is -3.43. The average molecular weight is 459 g/mol. The molecule has 7 nitrogen and oxygen atoms in total. The van der Waals surface area contributed by atoms with Gasteiger partial charge in [0.1, 0.15) is 5.75 Å². The average Bonchev–Trinajstić information content (AvgIpc) is 2.81. The Kier molecular flexibility index (Phi) is 8.41. The van der Waals surface area contributed by atoms with Crippen molar-refractivity contribution in [2.45, 2.75) is 31.9 Å². The second-order valence-corrected chi connectivity index (χ2v) is 9.79. The Morgan fingerprint density at radius 3 is 2.19 bits per heavy atom. The lowest BCUT2D eigenvalue weighted by Crippen LogP contribution is -2.50. The first-order valence-electron chi connectivity index (χ1n) is 10.9. The van der Waals surface area contributed by atoms with E-state index in [1.807, 2.05) is 25.1 Å². The number of rotatable bonds is 10. The maximum Gasteiger partial charge on any atom is 0.223 e. The van der Waals surface area contributed by atoms with Gasteiger partial charge in [-0.25, -0.2) is 8.42 Å². The van der Waals surface area contributed by atoms with Gasteiger partial charge in [0.05, 0.1) is 12.4 Å². The van der Waals surface area contributed by atoms with Gasteiger partial charge in [0, 0.05) is 44.6 Å². The van der Waals surface area contributed by atoms with Gasteiger partial charge in [0.25, 0.3) is 0 Å². The standard InChI is InChI=1S/C24H30N2O5S/c1-2-18-31-22-10-8-21(9-11-22)23(27)12-13-24(28)25-14-16-26(17-15-25)32(29,30)19-20-6-4-3-5-7-20/h3-11H,2,12-19H2,1H3. The number of hydrogen-bond donors (Lipinski definition) is 0. The summed E-state index contributed by atoms with van der Waals surface area (Å²) in [6, 6.07) is 16.0. The van der Waals surface area contributed by atoms with Crippen LogP contribution in [0.25, 0.3) is 0 Å². The van der Waals surface area contributed by atoms with Crippen molar-refractivity contribution >= 4 is 21.7 Å². The van der Waals surface area contributed by atoms with E-state index in [0.29, 0.717) is 25.3 Å². The molecule has 0 N–H and O–H groups in total. The fourth-order valence-electron chi connectivity index (χ4n) is 3.57. The molecular weight excluding hydrogens is 428 g/mol. The van der Waals surface area contributed by atoms with Crippen LogP contribution in [0.15, 0.2) is 54.6 Å². The highest BCUT2D eigenvalue weighted by Crippen LogP contribution is 2.17. The van der Waals surface area contributed by atoms with E-state index in [2.05, 4.69) is 0 Å². The summed E-state index contributed by atoms with van der Waals surface area (Å²) in [5.41, 5.74) is 1.30. The van der Waals surface area contributed by atoms with E-state index in [9.17, 15) is 18.0 Å². The molecule has 0 unspecified atom stereocenters. The number of sulfonamides is 1. The van der Waals surface area contributed by atoms with Gasteiger partial charge in [0.15, 0.2) is 5.78 Å². The molecule has 0 radical (unpaired) electrons. The Morgan fingerprint density at radius 1 is 0.906 bits per heavy atom. The SMILES string of the molecule is CCCOc1ccc(C(=O)CCC(=O)N2CCN(S(=O)(=O)Cc3ccccc3)CC2)cc1. The Hall–Kier alpha value is -2.71. The van der Waals surface area contributed by atoms with Gasteiger partial charge in [-0.15, -0.1) is 0 Å². The quantitative estimate of drug-likeness (QED) is 0.511. The fraction of sp³-hybridized carbons (Fsp3) is 0.417. The van der Waals surface area contributed by atoms with Crippen LogP contribution in [0.1, 0.15) is 42.1 Å². The minimum absolute atomic E-state index is 0.0431. The third-order valence-electron chi connectivity index (χ3n) is 5.39. The topological polar surface area (TPSA) is 84.0 Å². The van der Waals surface area contributed by atoms with Crippen molar-refractivity contribution in [2.24, 2.45) is 0 Å². The van der Waals surface area contributed by atoms with Crippen LogP contribution in [0, 0.1) is 0 Å². The smallest absolute Gasteiger partial charge is 0.223 e. The zero-order valence-corrected chi connectivity index (χ0v) is 19.2. The van der Waals surface area contributed by atoms with E-state index in [0.717, 1.165) is 17.7 Å². The van der Waals surface area contributed by atoms with Crippen LogP contribution in [0.2, 0.25) is 0 Å². The largest absolute Gasteiger partial charge is 0.494 e. The summed E-state index contributed by atoms with van der Waals surface area (Å²) >= 11 is 0. The Balaban J connectivity index is 1.44. The van der Waals surface area contributed by atoms with Crippen LogP contribution < -0.4 is 4.74 Å². The predicted octanol–water partition coefficient (Wildman–Crippen LogP) is 3.11. The number of piperazine rings is 1. The molecule has 1 aliphatic heterocycles. The number of carbonyl (C=O) groups is 2. The molecule has 1 fully saturated rings. The van der Waals surface area contributed by atoms with Gasteiger partial charge < -0.3 is 9.64 Å². The highest BCUT2D eigenvalue weighted by Gasteiger charge is 2.29. The summed E-state index contributed by atoms with van der Waals surface area (Å²) < 4.78 is 32.3. The first-order chi connectivity index (χ1) is 15.4. The second kappa shape index (κ2) is 11.2. The normalized spacial score (nSPS) is 14.8. The molecule has 0 aliphatic carbocycles. The highest BCUT2D eigenvalue weighted by atomic mass is 32.2. The van der Waals surface area contributed by atoms with Crippen LogP contribution >= 0.6 is 0 Å². The number of hydrogen-bond acceptors (Lipinski definition) is 5. The van der Waals surface area contributed by atoms with Gasteiger partial charge in [-0.1, -0.05) is 37.3 Å². The van der Waals surface area contributed by atoms with Crippen LogP contribution in [0.3, 0.4) is 0 Å². The molecule has 0 aromatic heterocycles. The number of amides is 1. The summed E-state index contributed by atoms with van der Waals surface area (Å²) in [5, 5.41) is 0. The van der Waals surface area contributed by atoms with E-state index in [4.69, 9.17) is 4.74 Å². The molecule has 8 heteroatoms. The molecule has 0 bridgehead atoms. The van der Waals surface area contributed by atoms with Gasteiger partial charge in [0.2, 0.25) is 15.9 Å². The number of nitrogens with zero attached hydrogens (tertiary/aromatic N) is 2. The van der Waals surface area contributed by atoms with Crippen LogP contribution in [-0.2, 0) is 20.6 Å². The summed E-state index contributed by atoms with van der Waals surface area (Å²) in [6.07, 6.45) is 1.15. The first kappa shape index (κ1) is 23.9. The van der Waals surface area contributed by atoms with Crippen LogP contribution in [0.4, 0.5) is 0 Å². The van der Waals surface area contributed by atoms with Crippen molar-refractivity contribution in [1.82, 2.24) is 9.21 Å². The zero-order chi connectivity index (χ0) is 23.0. The minimum Gasteiger partial charge on any atom is -0.494 e. The van der Waals surface area contributed by atoms with Crippen LogP contribution in [0.5, 0.6) is 5.75 Å². The fourth-order valence-corrected chi connectivity index (χ4v) is 5.09. The van der Waals surface area contributed by atoms with E-state index >= 15 is 0 Å². The van der Waals surface area contributed by atoms with Crippen molar-refractivity contribution in [3.63, 3.8) is 0 Å². The molecule has 1 amide bonds. The number of ketones is 1. The summed E-state index contributed by atoms with van der Waals surface area (Å²) in [4.78, 5) is 26.6. The second-order valence-electron chi connectivity index (χ2n) is 7.82. The molecule has 0 saturated carbocycles. The number of Topliss-reactive ketones (excluding diaryl/α,β-unsaturated/α-hetero) is 1. The monoisotopic (exact) mass is 458 g/mol. The van der Waals surface area contributed by atoms with Gasteiger partial charge in [-0.3, -0.25) is 9.59 Å². The molecule has 0 atom stereocenters. The first-order valence-corrected chi connectivity index (χ1v) is 12.6. The summed E-state index contributed by atoms with van der Waals surface area (Å²) in [6.45, 7) is 3.87. The van der Waals surface area contributed by atoms with Gasteiger partial charge in [-0.2, -0.15) is 4.31 Å². The van der Waals surface area contributed by atoms with E-state index < -0.39 is 10.0 Å². The third-order valence-corrected chi connectivity index (χ3v) is 7.24. The van der Waals surface area contributed by atoms with Gasteiger partial charge in [-0.05, 0) is 36.2 Å². The molecule has 0 spiro atoms. The van der Waals surface area contributed by atoms with Crippen molar-refractivity contribution in [1.29, 1.82) is 0 Å². The van der Waals surface area contributed by atoms with Crippen LogP contribution in [-0.4, -0.2) is 62.1 Å². The Morgan fingerprint density at radius 2 is 1.56 bits per heavy atom. The predicted molar refractivity (Wildman–Crippen MR) is 123 cm³/mol. The Labute approximate surface area is 190 Å². The molecule has 3 rings (SSSR count). The van der Waals surface area contributed by atoms with Crippen molar-refractivity contribution in [2.75, 3.05) is 32.8 Å². The number of ether oxygens (including phenoxy) is 1. The van der Waals surface area contributed by atoms with E-state index in [1.54, 1.807) is 41.3 Å². The third kappa shape index (κ3) is 6.64. The van der Waals surface area contributed by atoms with Crippen molar-refractivity contribution in [3.05, 3.63) is 65.7 Å². The number of benzene rings is 2. The maximum atomic E-state index is 12.7. The van der Waals surface area contributed by atoms with Gasteiger partial charge >= 0.3 is 0 Å². The zero-order valence-electron chi connectivity index (χ0n) is 18.4. The lowest BCUT2D eigenvalue weighted by Gasteiger charge is -2.34. The lowest BCUT2D eigenvalue weighted by atomic mass is 10.1. The molecule has 1 saturated heterocycles. The Bertz CT molecular complexity index is 998. The molecule has 32 heavy (non-hydrogen) atoms. The molecule has 1 heterocycles. The summed E-state index contributed by atoms with van der Waals surface area (Å²) in [5.74, 6) is 0.462. The maximum absolute atomic E-state index is 12.7. The molecule has 2 aromatic carbocycles. The highest BCUT2D eigenvalue weighted by molar-refractivity contribution is 7.88. The van der Waals surface area contributed by atoms with E-state index in [-0.39, 0.29) is 43.4 Å². The number of carbonyl (C=O) groups excluding carboxylic acids is 2. The minimum atomic E-state index is -3.43.